The molecule has 0 saturated carbocycles. The lowest BCUT2D eigenvalue weighted by Gasteiger charge is -2.14. The third-order valence-electron chi connectivity index (χ3n) is 1.93. The van der Waals surface area contributed by atoms with Gasteiger partial charge in [-0.3, -0.25) is 0 Å². The molecule has 0 radical (unpaired) electrons. The van der Waals surface area contributed by atoms with Crippen molar-refractivity contribution >= 4 is 15.9 Å². The molecule has 78 valence electrons. The first-order valence-corrected chi connectivity index (χ1v) is 5.58. The van der Waals surface area contributed by atoms with Crippen molar-refractivity contribution in [1.82, 2.24) is 5.32 Å². The molecule has 2 nitrogen and oxygen atoms in total. The average molecular weight is 258 g/mol. The summed E-state index contributed by atoms with van der Waals surface area (Å²) in [7, 11) is 1.95. The van der Waals surface area contributed by atoms with E-state index in [1.165, 1.54) is 0 Å². The van der Waals surface area contributed by atoms with Crippen LogP contribution in [0.4, 0.5) is 0 Å². The van der Waals surface area contributed by atoms with Gasteiger partial charge < -0.3 is 10.1 Å². The molecule has 14 heavy (non-hydrogen) atoms. The smallest absolute Gasteiger partial charge is 0.120 e. The fourth-order valence-electron chi connectivity index (χ4n) is 1.18. The molecule has 1 atom stereocenters. The summed E-state index contributed by atoms with van der Waals surface area (Å²) in [6.45, 7) is 3.06. The second-order valence-corrected chi connectivity index (χ2v) is 4.19. The normalized spacial score (nSPS) is 12.5. The minimum atomic E-state index is 0.247. The molecule has 0 bridgehead atoms. The van der Waals surface area contributed by atoms with Crippen molar-refractivity contribution in [2.75, 3.05) is 13.6 Å². The van der Waals surface area contributed by atoms with Gasteiger partial charge in [-0.15, -0.1) is 0 Å². The summed E-state index contributed by atoms with van der Waals surface area (Å²) in [6.07, 6.45) is 1.26. The molecule has 0 aliphatic carbocycles. The van der Waals surface area contributed by atoms with Crippen LogP contribution in [0.5, 0.6) is 5.75 Å². The first kappa shape index (κ1) is 11.5. The number of rotatable bonds is 5. The molecule has 1 aromatic rings. The Morgan fingerprint density at radius 2 is 2.29 bits per heavy atom. The molecule has 0 aliphatic heterocycles. The highest BCUT2D eigenvalue weighted by atomic mass is 79.9. The largest absolute Gasteiger partial charge is 0.491 e. The van der Waals surface area contributed by atoms with Crippen molar-refractivity contribution in [2.24, 2.45) is 0 Å². The van der Waals surface area contributed by atoms with Crippen LogP contribution in [0.1, 0.15) is 13.3 Å². The zero-order chi connectivity index (χ0) is 10.4. The number of benzene rings is 1. The molecule has 3 heteroatoms. The van der Waals surface area contributed by atoms with E-state index in [2.05, 4.69) is 28.2 Å². The molecule has 1 N–H and O–H groups in total. The van der Waals surface area contributed by atoms with E-state index in [4.69, 9.17) is 4.74 Å². The molecule has 0 heterocycles. The SMILES string of the molecule is CNCCC(C)Oc1cccc(Br)c1. The quantitative estimate of drug-likeness (QED) is 0.876. The van der Waals surface area contributed by atoms with Gasteiger partial charge in [-0.25, -0.2) is 0 Å². The average Bonchev–Trinajstić information content (AvgIpc) is 2.15. The predicted molar refractivity (Wildman–Crippen MR) is 62.8 cm³/mol. The van der Waals surface area contributed by atoms with Crippen molar-refractivity contribution in [3.8, 4) is 5.75 Å². The van der Waals surface area contributed by atoms with E-state index in [1.807, 2.05) is 31.3 Å². The Hall–Kier alpha value is -0.540. The number of ether oxygens (including phenoxy) is 1. The molecule has 1 unspecified atom stereocenters. The fraction of sp³-hybridized carbons (Fsp3) is 0.455. The fourth-order valence-corrected chi connectivity index (χ4v) is 1.56. The van der Waals surface area contributed by atoms with E-state index < -0.39 is 0 Å². The van der Waals surface area contributed by atoms with Crippen LogP contribution in [-0.4, -0.2) is 19.7 Å². The first-order chi connectivity index (χ1) is 6.72. The minimum Gasteiger partial charge on any atom is -0.491 e. The molecular weight excluding hydrogens is 242 g/mol. The Kier molecular flexibility index (Phi) is 4.98. The Morgan fingerprint density at radius 1 is 1.50 bits per heavy atom. The van der Waals surface area contributed by atoms with Crippen LogP contribution in [0.2, 0.25) is 0 Å². The first-order valence-electron chi connectivity index (χ1n) is 4.79. The molecule has 1 rings (SSSR count). The molecule has 0 amide bonds. The summed E-state index contributed by atoms with van der Waals surface area (Å²) < 4.78 is 6.78. The van der Waals surface area contributed by atoms with E-state index >= 15 is 0 Å². The topological polar surface area (TPSA) is 21.3 Å². The van der Waals surface area contributed by atoms with Crippen molar-refractivity contribution in [2.45, 2.75) is 19.4 Å². The third-order valence-corrected chi connectivity index (χ3v) is 2.43. The van der Waals surface area contributed by atoms with Gasteiger partial charge in [0.25, 0.3) is 0 Å². The van der Waals surface area contributed by atoms with Crippen molar-refractivity contribution in [1.29, 1.82) is 0 Å². The number of nitrogens with one attached hydrogen (secondary N) is 1. The maximum atomic E-state index is 5.73. The number of halogens is 1. The third kappa shape index (κ3) is 4.11. The van der Waals surface area contributed by atoms with E-state index in [0.29, 0.717) is 0 Å². The zero-order valence-corrected chi connectivity index (χ0v) is 10.2. The number of hydrogen-bond donors (Lipinski definition) is 1. The van der Waals surface area contributed by atoms with Crippen LogP contribution >= 0.6 is 15.9 Å². The van der Waals surface area contributed by atoms with E-state index in [9.17, 15) is 0 Å². The van der Waals surface area contributed by atoms with Crippen molar-refractivity contribution in [3.63, 3.8) is 0 Å². The number of hydrogen-bond acceptors (Lipinski definition) is 2. The van der Waals surface area contributed by atoms with Gasteiger partial charge in [-0.1, -0.05) is 22.0 Å². The molecule has 0 fully saturated rings. The highest BCUT2D eigenvalue weighted by molar-refractivity contribution is 9.10. The van der Waals surface area contributed by atoms with Crippen LogP contribution in [0, 0.1) is 0 Å². The molecule has 0 saturated heterocycles. The maximum Gasteiger partial charge on any atom is 0.120 e. The monoisotopic (exact) mass is 257 g/mol. The lowest BCUT2D eigenvalue weighted by molar-refractivity contribution is 0.211. The lowest BCUT2D eigenvalue weighted by Crippen LogP contribution is -2.19. The van der Waals surface area contributed by atoms with Gasteiger partial charge >= 0.3 is 0 Å². The summed E-state index contributed by atoms with van der Waals surface area (Å²) in [6, 6.07) is 7.92. The Morgan fingerprint density at radius 3 is 2.93 bits per heavy atom. The summed E-state index contributed by atoms with van der Waals surface area (Å²) in [5, 5.41) is 3.11. The Balaban J connectivity index is 2.43. The zero-order valence-electron chi connectivity index (χ0n) is 8.59. The van der Waals surface area contributed by atoms with Crippen LogP contribution in [0.15, 0.2) is 28.7 Å². The van der Waals surface area contributed by atoms with Gasteiger partial charge in [0.2, 0.25) is 0 Å². The minimum absolute atomic E-state index is 0.247. The van der Waals surface area contributed by atoms with E-state index in [1.54, 1.807) is 0 Å². The Labute approximate surface area is 93.8 Å². The predicted octanol–water partition coefficient (Wildman–Crippen LogP) is 2.83. The molecule has 0 aromatic heterocycles. The van der Waals surface area contributed by atoms with Crippen LogP contribution in [0.3, 0.4) is 0 Å². The molecular formula is C11H16BrNO. The van der Waals surface area contributed by atoms with Crippen molar-refractivity contribution in [3.05, 3.63) is 28.7 Å². The second-order valence-electron chi connectivity index (χ2n) is 3.28. The maximum absolute atomic E-state index is 5.73. The summed E-state index contributed by atoms with van der Waals surface area (Å²) in [4.78, 5) is 0. The van der Waals surface area contributed by atoms with Gasteiger partial charge in [0.05, 0.1) is 6.10 Å². The van der Waals surface area contributed by atoms with Gasteiger partial charge in [-0.2, -0.15) is 0 Å². The van der Waals surface area contributed by atoms with Gasteiger partial charge in [0, 0.05) is 4.47 Å². The van der Waals surface area contributed by atoms with Crippen molar-refractivity contribution < 1.29 is 4.74 Å². The van der Waals surface area contributed by atoms with E-state index in [-0.39, 0.29) is 6.10 Å². The lowest BCUT2D eigenvalue weighted by atomic mass is 10.3. The summed E-state index contributed by atoms with van der Waals surface area (Å²) >= 11 is 3.41. The van der Waals surface area contributed by atoms with Crippen LogP contribution in [0.25, 0.3) is 0 Å². The van der Waals surface area contributed by atoms with E-state index in [0.717, 1.165) is 23.2 Å². The van der Waals surface area contributed by atoms with Gasteiger partial charge in [0.1, 0.15) is 5.75 Å². The second kappa shape index (κ2) is 6.04. The molecule has 1 aromatic carbocycles. The summed E-state index contributed by atoms with van der Waals surface area (Å²) in [5.41, 5.74) is 0. The molecule has 0 spiro atoms. The van der Waals surface area contributed by atoms with Crippen LogP contribution < -0.4 is 10.1 Å². The highest BCUT2D eigenvalue weighted by Gasteiger charge is 2.02. The highest BCUT2D eigenvalue weighted by Crippen LogP contribution is 2.19. The van der Waals surface area contributed by atoms with Gasteiger partial charge in [-0.05, 0) is 45.1 Å². The molecule has 0 aliphatic rings. The standard InChI is InChI=1S/C11H16BrNO/c1-9(6-7-13-2)14-11-5-3-4-10(12)8-11/h3-5,8-9,13H,6-7H2,1-2H3. The van der Waals surface area contributed by atoms with Crippen LogP contribution in [-0.2, 0) is 0 Å². The Bertz CT molecular complexity index is 278. The van der Waals surface area contributed by atoms with Gasteiger partial charge in [0.15, 0.2) is 0 Å². The summed E-state index contributed by atoms with van der Waals surface area (Å²) in [5.74, 6) is 0.919.